The van der Waals surface area contributed by atoms with E-state index < -0.39 is 0 Å². The first-order valence-corrected chi connectivity index (χ1v) is 5.63. The second-order valence-corrected chi connectivity index (χ2v) is 3.94. The summed E-state index contributed by atoms with van der Waals surface area (Å²) in [6.45, 7) is 3.25. The number of rotatable bonds is 4. The zero-order valence-corrected chi connectivity index (χ0v) is 8.84. The van der Waals surface area contributed by atoms with E-state index in [1.54, 1.807) is 0 Å². The largest absolute Gasteiger partial charge is 0.370 e. The number of nitrogens with one attached hydrogen (secondary N) is 1. The first-order chi connectivity index (χ1) is 6.90. The molecule has 0 aliphatic heterocycles. The molecule has 0 radical (unpaired) electrons. The topological polar surface area (TPSA) is 24.9 Å². The van der Waals surface area contributed by atoms with Crippen LogP contribution in [0.1, 0.15) is 37.4 Å². The third kappa shape index (κ3) is 2.06. The lowest BCUT2D eigenvalue weighted by Crippen LogP contribution is -2.04. The maximum Gasteiger partial charge on any atom is 0.126 e. The Hall–Kier alpha value is -1.05. The molecule has 1 heterocycles. The minimum absolute atomic E-state index is 1.04. The summed E-state index contributed by atoms with van der Waals surface area (Å²) in [6.07, 6.45) is 6.12. The van der Waals surface area contributed by atoms with Gasteiger partial charge in [-0.05, 0) is 37.3 Å². The highest BCUT2D eigenvalue weighted by Crippen LogP contribution is 2.21. The summed E-state index contributed by atoms with van der Waals surface area (Å²) in [5.74, 6) is 1.05. The Morgan fingerprint density at radius 1 is 1.36 bits per heavy atom. The number of unbranched alkanes of at least 4 members (excludes halogenated alkanes) is 1. The predicted molar refractivity (Wildman–Crippen MR) is 59.7 cm³/mol. The number of anilines is 1. The van der Waals surface area contributed by atoms with Crippen LogP contribution in [0.4, 0.5) is 5.82 Å². The number of fused-ring (bicyclic) bond motifs is 1. The summed E-state index contributed by atoms with van der Waals surface area (Å²) in [5, 5.41) is 3.36. The number of aromatic nitrogens is 1. The van der Waals surface area contributed by atoms with E-state index in [0.29, 0.717) is 0 Å². The fourth-order valence-corrected chi connectivity index (χ4v) is 1.91. The van der Waals surface area contributed by atoms with E-state index in [1.807, 2.05) is 0 Å². The summed E-state index contributed by atoms with van der Waals surface area (Å²) >= 11 is 0. The molecule has 1 N–H and O–H groups in total. The molecule has 0 saturated heterocycles. The molecule has 0 aromatic carbocycles. The van der Waals surface area contributed by atoms with Gasteiger partial charge in [0.25, 0.3) is 0 Å². The molecule has 1 aliphatic carbocycles. The first-order valence-electron chi connectivity index (χ1n) is 5.63. The molecule has 76 valence electrons. The molecule has 0 spiro atoms. The molecular weight excluding hydrogens is 172 g/mol. The van der Waals surface area contributed by atoms with Crippen LogP contribution in [0.5, 0.6) is 0 Å². The molecule has 14 heavy (non-hydrogen) atoms. The Bertz CT molecular complexity index is 307. The van der Waals surface area contributed by atoms with Crippen LogP contribution >= 0.6 is 0 Å². The normalized spacial score (nSPS) is 14.1. The van der Waals surface area contributed by atoms with Gasteiger partial charge in [0, 0.05) is 12.2 Å². The lowest BCUT2D eigenvalue weighted by atomic mass is 10.2. The van der Waals surface area contributed by atoms with Crippen LogP contribution in [0.25, 0.3) is 0 Å². The molecule has 0 unspecified atom stereocenters. The molecule has 1 aromatic rings. The molecular formula is C12H18N2. The van der Waals surface area contributed by atoms with Gasteiger partial charge >= 0.3 is 0 Å². The highest BCUT2D eigenvalue weighted by atomic mass is 15.0. The van der Waals surface area contributed by atoms with E-state index in [-0.39, 0.29) is 0 Å². The average molecular weight is 190 g/mol. The summed E-state index contributed by atoms with van der Waals surface area (Å²) in [5.41, 5.74) is 2.76. The number of nitrogens with zero attached hydrogens (tertiary/aromatic N) is 1. The van der Waals surface area contributed by atoms with Gasteiger partial charge in [-0.2, -0.15) is 0 Å². The molecule has 0 bridgehead atoms. The lowest BCUT2D eigenvalue weighted by molar-refractivity contribution is 0.829. The van der Waals surface area contributed by atoms with Gasteiger partial charge in [0.15, 0.2) is 0 Å². The molecule has 2 nitrogen and oxygen atoms in total. The number of pyridine rings is 1. The minimum Gasteiger partial charge on any atom is -0.370 e. The maximum absolute atomic E-state index is 4.61. The number of hydrogen-bond acceptors (Lipinski definition) is 2. The highest BCUT2D eigenvalue weighted by molar-refractivity contribution is 5.40. The van der Waals surface area contributed by atoms with Crippen molar-refractivity contribution >= 4 is 5.82 Å². The zero-order valence-electron chi connectivity index (χ0n) is 8.84. The third-order valence-corrected chi connectivity index (χ3v) is 2.76. The molecule has 0 amide bonds. The molecule has 1 aromatic heterocycles. The Labute approximate surface area is 85.7 Å². The SMILES string of the molecule is CCCCNc1ccc2c(n1)CCC2. The Morgan fingerprint density at radius 3 is 3.14 bits per heavy atom. The van der Waals surface area contributed by atoms with Crippen LogP contribution in [-0.2, 0) is 12.8 Å². The van der Waals surface area contributed by atoms with Crippen molar-refractivity contribution < 1.29 is 0 Å². The lowest BCUT2D eigenvalue weighted by Gasteiger charge is -2.06. The van der Waals surface area contributed by atoms with Gasteiger partial charge in [0.05, 0.1) is 0 Å². The second-order valence-electron chi connectivity index (χ2n) is 3.94. The summed E-state index contributed by atoms with van der Waals surface area (Å²) in [6, 6.07) is 4.34. The zero-order chi connectivity index (χ0) is 9.80. The van der Waals surface area contributed by atoms with Crippen molar-refractivity contribution in [3.63, 3.8) is 0 Å². The van der Waals surface area contributed by atoms with Crippen molar-refractivity contribution in [2.45, 2.75) is 39.0 Å². The van der Waals surface area contributed by atoms with Gasteiger partial charge in [-0.25, -0.2) is 4.98 Å². The second kappa shape index (κ2) is 4.45. The van der Waals surface area contributed by atoms with E-state index in [1.165, 1.54) is 43.4 Å². The quantitative estimate of drug-likeness (QED) is 0.738. The van der Waals surface area contributed by atoms with E-state index >= 15 is 0 Å². The average Bonchev–Trinajstić information content (AvgIpc) is 2.65. The van der Waals surface area contributed by atoms with Crippen molar-refractivity contribution in [1.29, 1.82) is 0 Å². The minimum atomic E-state index is 1.04. The van der Waals surface area contributed by atoms with Gasteiger partial charge in [-0.15, -0.1) is 0 Å². The van der Waals surface area contributed by atoms with Crippen LogP contribution in [0.3, 0.4) is 0 Å². The van der Waals surface area contributed by atoms with Gasteiger partial charge in [0.1, 0.15) is 5.82 Å². The van der Waals surface area contributed by atoms with E-state index in [2.05, 4.69) is 29.4 Å². The van der Waals surface area contributed by atoms with Gasteiger partial charge in [-0.1, -0.05) is 19.4 Å². The summed E-state index contributed by atoms with van der Waals surface area (Å²) in [7, 11) is 0. The van der Waals surface area contributed by atoms with Crippen LogP contribution < -0.4 is 5.32 Å². The van der Waals surface area contributed by atoms with E-state index in [9.17, 15) is 0 Å². The molecule has 2 rings (SSSR count). The summed E-state index contributed by atoms with van der Waals surface area (Å²) in [4.78, 5) is 4.61. The predicted octanol–water partition coefficient (Wildman–Crippen LogP) is 2.78. The van der Waals surface area contributed by atoms with E-state index in [4.69, 9.17) is 0 Å². The highest BCUT2D eigenvalue weighted by Gasteiger charge is 2.11. The summed E-state index contributed by atoms with van der Waals surface area (Å²) < 4.78 is 0. The molecule has 0 saturated carbocycles. The monoisotopic (exact) mass is 190 g/mol. The fraction of sp³-hybridized carbons (Fsp3) is 0.583. The Morgan fingerprint density at radius 2 is 2.29 bits per heavy atom. The Kier molecular flexibility index (Phi) is 3.02. The van der Waals surface area contributed by atoms with Gasteiger partial charge in [-0.3, -0.25) is 0 Å². The standard InChI is InChI=1S/C12H18N2/c1-2-3-9-13-12-8-7-10-5-4-6-11(10)14-12/h7-8H,2-6,9H2,1H3,(H,13,14). The molecule has 0 fully saturated rings. The van der Waals surface area contributed by atoms with Crippen LogP contribution in [0.2, 0.25) is 0 Å². The molecule has 1 aliphatic rings. The van der Waals surface area contributed by atoms with Crippen molar-refractivity contribution in [2.75, 3.05) is 11.9 Å². The van der Waals surface area contributed by atoms with Crippen molar-refractivity contribution in [3.8, 4) is 0 Å². The molecule has 0 atom stereocenters. The van der Waals surface area contributed by atoms with E-state index in [0.717, 1.165) is 12.4 Å². The maximum atomic E-state index is 4.61. The van der Waals surface area contributed by atoms with Gasteiger partial charge in [0.2, 0.25) is 0 Å². The molecule has 2 heteroatoms. The fourth-order valence-electron chi connectivity index (χ4n) is 1.91. The van der Waals surface area contributed by atoms with Crippen molar-refractivity contribution in [2.24, 2.45) is 0 Å². The van der Waals surface area contributed by atoms with Crippen molar-refractivity contribution in [3.05, 3.63) is 23.4 Å². The van der Waals surface area contributed by atoms with Crippen molar-refractivity contribution in [1.82, 2.24) is 4.98 Å². The van der Waals surface area contributed by atoms with Crippen LogP contribution in [-0.4, -0.2) is 11.5 Å². The smallest absolute Gasteiger partial charge is 0.126 e. The number of hydrogen-bond donors (Lipinski definition) is 1. The van der Waals surface area contributed by atoms with Gasteiger partial charge < -0.3 is 5.32 Å². The number of aryl methyl sites for hydroxylation is 2. The Balaban J connectivity index is 1.98. The first kappa shape index (κ1) is 9.50. The third-order valence-electron chi connectivity index (χ3n) is 2.76. The van der Waals surface area contributed by atoms with Crippen LogP contribution in [0.15, 0.2) is 12.1 Å². The van der Waals surface area contributed by atoms with Crippen LogP contribution in [0, 0.1) is 0 Å².